The summed E-state index contributed by atoms with van der Waals surface area (Å²) in [7, 11) is 0. The Hall–Kier alpha value is -2.46. The van der Waals surface area contributed by atoms with Crippen LogP contribution in [0.4, 0.5) is 0 Å². The lowest BCUT2D eigenvalue weighted by atomic mass is 10.00. The van der Waals surface area contributed by atoms with Gasteiger partial charge in [0.1, 0.15) is 0 Å². The van der Waals surface area contributed by atoms with Gasteiger partial charge in [-0.05, 0) is 42.8 Å². The number of benzene rings is 1. The molecule has 1 unspecified atom stereocenters. The van der Waals surface area contributed by atoms with E-state index in [4.69, 9.17) is 10.3 Å². The Kier molecular flexibility index (Phi) is 4.53. The second-order valence-electron chi connectivity index (χ2n) is 5.89. The van der Waals surface area contributed by atoms with Gasteiger partial charge >= 0.3 is 5.97 Å². The molecule has 0 radical (unpaired) electrons. The van der Waals surface area contributed by atoms with Crippen LogP contribution in [0.1, 0.15) is 31.0 Å². The summed E-state index contributed by atoms with van der Waals surface area (Å²) in [5.74, 6) is -0.231. The van der Waals surface area contributed by atoms with Gasteiger partial charge < -0.3 is 9.30 Å². The molecule has 0 saturated carbocycles. The predicted octanol–water partition coefficient (Wildman–Crippen LogP) is 3.76. The summed E-state index contributed by atoms with van der Waals surface area (Å²) in [6.07, 6.45) is 3.52. The van der Waals surface area contributed by atoms with Gasteiger partial charge in [-0.25, -0.2) is 0 Å². The van der Waals surface area contributed by atoms with Crippen LogP contribution < -0.4 is 0 Å². The largest absolute Gasteiger partial charge is 0.466 e. The highest BCUT2D eigenvalue weighted by molar-refractivity contribution is 5.85. The molecule has 0 N–H and O–H groups in total. The van der Waals surface area contributed by atoms with E-state index in [-0.39, 0.29) is 12.0 Å². The number of carbonyl (C=O) groups excluding carboxylic acids is 1. The first-order chi connectivity index (χ1) is 11.2. The van der Waals surface area contributed by atoms with Crippen molar-refractivity contribution in [3.8, 4) is 0 Å². The Morgan fingerprint density at radius 1 is 1.48 bits per heavy atom. The molecule has 6 heteroatoms. The van der Waals surface area contributed by atoms with E-state index >= 15 is 0 Å². The first-order valence-corrected chi connectivity index (χ1v) is 7.97. The van der Waals surface area contributed by atoms with Crippen LogP contribution in [0.2, 0.25) is 0 Å². The number of esters is 1. The van der Waals surface area contributed by atoms with Crippen LogP contribution >= 0.6 is 0 Å². The highest BCUT2D eigenvalue weighted by Gasteiger charge is 2.23. The molecule has 2 aromatic rings. The summed E-state index contributed by atoms with van der Waals surface area (Å²) < 4.78 is 7.34. The average Bonchev–Trinajstić information content (AvgIpc) is 2.85. The summed E-state index contributed by atoms with van der Waals surface area (Å²) in [6, 6.07) is 8.37. The summed E-state index contributed by atoms with van der Waals surface area (Å²) >= 11 is 0. The van der Waals surface area contributed by atoms with E-state index in [1.54, 1.807) is 0 Å². The van der Waals surface area contributed by atoms with E-state index < -0.39 is 0 Å². The molecule has 1 aromatic carbocycles. The lowest BCUT2D eigenvalue weighted by Crippen LogP contribution is -2.23. The van der Waals surface area contributed by atoms with Crippen molar-refractivity contribution in [1.82, 2.24) is 4.57 Å². The third kappa shape index (κ3) is 3.17. The van der Waals surface area contributed by atoms with Crippen molar-refractivity contribution < 1.29 is 9.53 Å². The van der Waals surface area contributed by atoms with Crippen LogP contribution in [0.25, 0.3) is 21.3 Å². The van der Waals surface area contributed by atoms with E-state index in [2.05, 4.69) is 32.8 Å². The van der Waals surface area contributed by atoms with Crippen molar-refractivity contribution in [3.63, 3.8) is 0 Å². The topological polar surface area (TPSA) is 80.0 Å². The van der Waals surface area contributed by atoms with Crippen molar-refractivity contribution in [1.29, 1.82) is 0 Å². The van der Waals surface area contributed by atoms with Gasteiger partial charge in [-0.1, -0.05) is 23.3 Å². The fraction of sp³-hybridized carbons (Fsp3) is 0.471. The minimum Gasteiger partial charge on any atom is -0.466 e. The van der Waals surface area contributed by atoms with Crippen LogP contribution in [-0.2, 0) is 28.9 Å². The van der Waals surface area contributed by atoms with Crippen LogP contribution in [0.15, 0.2) is 29.4 Å². The molecular formula is C17H20N4O2. The number of hydrogen-bond donors (Lipinski definition) is 0. The lowest BCUT2D eigenvalue weighted by molar-refractivity contribution is -0.141. The first kappa shape index (κ1) is 15.4. The standard InChI is InChI=1S/C17H20N4O2/c1-12(22)23-10-4-6-15-14-5-2-3-7-16(14)21-11-13(19-20-18)8-9-17(15)21/h2-3,5,7,13H,4,6,8-11H2,1H3. The lowest BCUT2D eigenvalue weighted by Gasteiger charge is -2.22. The minimum absolute atomic E-state index is 0.0252. The highest BCUT2D eigenvalue weighted by Crippen LogP contribution is 2.32. The smallest absolute Gasteiger partial charge is 0.302 e. The maximum atomic E-state index is 10.9. The van der Waals surface area contributed by atoms with Crippen molar-refractivity contribution >= 4 is 16.9 Å². The quantitative estimate of drug-likeness (QED) is 0.277. The Bertz CT molecular complexity index is 774. The van der Waals surface area contributed by atoms with Crippen molar-refractivity contribution in [2.75, 3.05) is 6.61 Å². The molecule has 1 aliphatic heterocycles. The van der Waals surface area contributed by atoms with E-state index in [0.717, 1.165) is 32.2 Å². The number of azide groups is 1. The number of para-hydroxylation sites is 1. The third-order valence-corrected chi connectivity index (χ3v) is 4.39. The number of fused-ring (bicyclic) bond motifs is 3. The van der Waals surface area contributed by atoms with Crippen LogP contribution in [0.5, 0.6) is 0 Å². The number of hydrogen-bond acceptors (Lipinski definition) is 3. The zero-order valence-corrected chi connectivity index (χ0v) is 13.2. The zero-order chi connectivity index (χ0) is 16.2. The Balaban J connectivity index is 1.89. The predicted molar refractivity (Wildman–Crippen MR) is 88.1 cm³/mol. The maximum absolute atomic E-state index is 10.9. The van der Waals surface area contributed by atoms with E-state index in [0.29, 0.717) is 6.61 Å². The number of aromatic nitrogens is 1. The molecule has 120 valence electrons. The molecule has 0 amide bonds. The molecule has 1 aromatic heterocycles. The van der Waals surface area contributed by atoms with E-state index in [1.807, 2.05) is 6.07 Å². The fourth-order valence-electron chi connectivity index (χ4n) is 3.44. The zero-order valence-electron chi connectivity index (χ0n) is 13.2. The number of rotatable bonds is 5. The Morgan fingerprint density at radius 3 is 3.09 bits per heavy atom. The van der Waals surface area contributed by atoms with Gasteiger partial charge in [-0.3, -0.25) is 4.79 Å². The van der Waals surface area contributed by atoms with Crippen LogP contribution in [0.3, 0.4) is 0 Å². The summed E-state index contributed by atoms with van der Waals surface area (Å²) in [6.45, 7) is 2.63. The van der Waals surface area contributed by atoms with Gasteiger partial charge in [0.05, 0.1) is 12.6 Å². The van der Waals surface area contributed by atoms with Crippen molar-refractivity contribution in [3.05, 3.63) is 46.0 Å². The first-order valence-electron chi connectivity index (χ1n) is 7.97. The second kappa shape index (κ2) is 6.75. The molecule has 3 rings (SSSR count). The van der Waals surface area contributed by atoms with Crippen LogP contribution in [0, 0.1) is 0 Å². The molecule has 0 fully saturated rings. The molecular weight excluding hydrogens is 292 g/mol. The number of aryl methyl sites for hydroxylation is 1. The van der Waals surface area contributed by atoms with Crippen molar-refractivity contribution in [2.45, 2.75) is 45.2 Å². The van der Waals surface area contributed by atoms with Gasteiger partial charge in [0.2, 0.25) is 0 Å². The highest BCUT2D eigenvalue weighted by atomic mass is 16.5. The minimum atomic E-state index is -0.231. The van der Waals surface area contributed by atoms with Gasteiger partial charge in [-0.15, -0.1) is 0 Å². The molecule has 2 heterocycles. The van der Waals surface area contributed by atoms with E-state index in [9.17, 15) is 4.79 Å². The molecule has 0 spiro atoms. The van der Waals surface area contributed by atoms with Gasteiger partial charge in [0.15, 0.2) is 0 Å². The van der Waals surface area contributed by atoms with E-state index in [1.165, 1.54) is 29.1 Å². The second-order valence-corrected chi connectivity index (χ2v) is 5.89. The molecule has 1 aliphatic rings. The summed E-state index contributed by atoms with van der Waals surface area (Å²) in [4.78, 5) is 13.8. The Labute approximate surface area is 134 Å². The molecule has 0 saturated heterocycles. The number of carbonyl (C=O) groups is 1. The summed E-state index contributed by atoms with van der Waals surface area (Å²) in [5, 5.41) is 5.15. The fourth-order valence-corrected chi connectivity index (χ4v) is 3.44. The molecule has 23 heavy (non-hydrogen) atoms. The molecule has 6 nitrogen and oxygen atoms in total. The summed E-state index contributed by atoms with van der Waals surface area (Å²) in [5.41, 5.74) is 12.5. The third-order valence-electron chi connectivity index (χ3n) is 4.39. The van der Waals surface area contributed by atoms with Gasteiger partial charge in [-0.2, -0.15) is 0 Å². The Morgan fingerprint density at radius 2 is 2.30 bits per heavy atom. The SMILES string of the molecule is CC(=O)OCCCc1c2n(c3ccccc13)CC(N=[N+]=[N-])CC2. The average molecular weight is 312 g/mol. The molecule has 0 aliphatic carbocycles. The van der Waals surface area contributed by atoms with Crippen LogP contribution in [-0.4, -0.2) is 23.2 Å². The number of nitrogens with zero attached hydrogens (tertiary/aromatic N) is 4. The van der Waals surface area contributed by atoms with Gasteiger partial charge in [0, 0.05) is 35.0 Å². The monoisotopic (exact) mass is 312 g/mol. The normalized spacial score (nSPS) is 16.7. The van der Waals surface area contributed by atoms with Gasteiger partial charge in [0.25, 0.3) is 0 Å². The molecule has 1 atom stereocenters. The molecule has 0 bridgehead atoms. The number of ether oxygens (including phenoxy) is 1. The van der Waals surface area contributed by atoms with Crippen molar-refractivity contribution in [2.24, 2.45) is 5.11 Å². The maximum Gasteiger partial charge on any atom is 0.302 e.